The maximum absolute atomic E-state index is 5.68. The lowest BCUT2D eigenvalue weighted by Gasteiger charge is -2.18. The topological polar surface area (TPSA) is 35.2 Å². The summed E-state index contributed by atoms with van der Waals surface area (Å²) in [4.78, 5) is 0. The molecule has 0 saturated carbocycles. The lowest BCUT2D eigenvalue weighted by molar-refractivity contribution is 0.242. The van der Waals surface area contributed by atoms with Crippen LogP contribution in [-0.2, 0) is 0 Å². The lowest BCUT2D eigenvalue weighted by atomic mass is 9.93. The normalized spacial score (nSPS) is 11.5. The van der Waals surface area contributed by atoms with Crippen LogP contribution in [0.15, 0.2) is 22.7 Å². The molecular formula is C12H18BrNO. The van der Waals surface area contributed by atoms with Crippen molar-refractivity contribution in [2.24, 2.45) is 5.41 Å². The second kappa shape index (κ2) is 4.88. The van der Waals surface area contributed by atoms with Crippen LogP contribution in [0.4, 0.5) is 5.69 Å². The third-order valence-corrected chi connectivity index (χ3v) is 2.72. The van der Waals surface area contributed by atoms with Crippen LogP contribution in [0.3, 0.4) is 0 Å². The van der Waals surface area contributed by atoms with Crippen molar-refractivity contribution in [3.8, 4) is 5.75 Å². The number of rotatable bonds is 3. The first-order valence-corrected chi connectivity index (χ1v) is 5.86. The number of hydrogen-bond acceptors (Lipinski definition) is 2. The maximum atomic E-state index is 5.68. The van der Waals surface area contributed by atoms with E-state index in [1.165, 1.54) is 0 Å². The standard InChI is InChI=1S/C12H18BrNO/c1-12(2,3)6-7-15-11-8-9(14)4-5-10(11)13/h4-5,8H,6-7,14H2,1-3H3. The van der Waals surface area contributed by atoms with Crippen molar-refractivity contribution in [1.82, 2.24) is 0 Å². The van der Waals surface area contributed by atoms with E-state index in [9.17, 15) is 0 Å². The summed E-state index contributed by atoms with van der Waals surface area (Å²) in [7, 11) is 0. The van der Waals surface area contributed by atoms with Crippen LogP contribution in [0.2, 0.25) is 0 Å². The molecule has 2 nitrogen and oxygen atoms in total. The van der Waals surface area contributed by atoms with Gasteiger partial charge in [0, 0.05) is 11.8 Å². The average Bonchev–Trinajstić information content (AvgIpc) is 2.09. The molecule has 0 spiro atoms. The summed E-state index contributed by atoms with van der Waals surface area (Å²) in [6, 6.07) is 5.59. The van der Waals surface area contributed by atoms with Gasteiger partial charge in [0.1, 0.15) is 5.75 Å². The van der Waals surface area contributed by atoms with Gasteiger partial charge in [0.2, 0.25) is 0 Å². The Labute approximate surface area is 99.9 Å². The van der Waals surface area contributed by atoms with Gasteiger partial charge in [0.05, 0.1) is 11.1 Å². The molecule has 0 aliphatic heterocycles. The summed E-state index contributed by atoms with van der Waals surface area (Å²) in [5.41, 5.74) is 6.71. The van der Waals surface area contributed by atoms with E-state index in [-0.39, 0.29) is 0 Å². The highest BCUT2D eigenvalue weighted by Crippen LogP contribution is 2.28. The number of hydrogen-bond donors (Lipinski definition) is 1. The van der Waals surface area contributed by atoms with E-state index in [2.05, 4.69) is 36.7 Å². The Bertz CT molecular complexity index is 331. The van der Waals surface area contributed by atoms with Crippen LogP contribution in [0.5, 0.6) is 5.75 Å². The first-order chi connectivity index (χ1) is 6.88. The van der Waals surface area contributed by atoms with Gasteiger partial charge in [-0.2, -0.15) is 0 Å². The van der Waals surface area contributed by atoms with Gasteiger partial charge in [-0.3, -0.25) is 0 Å². The Morgan fingerprint density at radius 1 is 1.33 bits per heavy atom. The summed E-state index contributed by atoms with van der Waals surface area (Å²) < 4.78 is 6.62. The van der Waals surface area contributed by atoms with Gasteiger partial charge < -0.3 is 10.5 Å². The van der Waals surface area contributed by atoms with Gasteiger partial charge in [0.25, 0.3) is 0 Å². The molecule has 1 aromatic carbocycles. The molecular weight excluding hydrogens is 254 g/mol. The highest BCUT2D eigenvalue weighted by Gasteiger charge is 2.10. The van der Waals surface area contributed by atoms with E-state index in [4.69, 9.17) is 10.5 Å². The van der Waals surface area contributed by atoms with E-state index in [1.54, 1.807) is 0 Å². The highest BCUT2D eigenvalue weighted by molar-refractivity contribution is 9.10. The van der Waals surface area contributed by atoms with Crippen molar-refractivity contribution >= 4 is 21.6 Å². The van der Waals surface area contributed by atoms with Crippen LogP contribution in [0.1, 0.15) is 27.2 Å². The van der Waals surface area contributed by atoms with E-state index >= 15 is 0 Å². The highest BCUT2D eigenvalue weighted by atomic mass is 79.9. The SMILES string of the molecule is CC(C)(C)CCOc1cc(N)ccc1Br. The maximum Gasteiger partial charge on any atom is 0.135 e. The van der Waals surface area contributed by atoms with Crippen LogP contribution in [-0.4, -0.2) is 6.61 Å². The Hall–Kier alpha value is -0.700. The molecule has 0 aromatic heterocycles. The quantitative estimate of drug-likeness (QED) is 0.848. The third-order valence-electron chi connectivity index (χ3n) is 2.06. The second-order valence-corrected chi connectivity index (χ2v) is 5.70. The Kier molecular flexibility index (Phi) is 4.03. The van der Waals surface area contributed by atoms with E-state index in [0.29, 0.717) is 12.0 Å². The molecule has 0 radical (unpaired) electrons. The average molecular weight is 272 g/mol. The molecule has 84 valence electrons. The first-order valence-electron chi connectivity index (χ1n) is 5.06. The van der Waals surface area contributed by atoms with Crippen LogP contribution in [0, 0.1) is 5.41 Å². The second-order valence-electron chi connectivity index (χ2n) is 4.85. The summed E-state index contributed by atoms with van der Waals surface area (Å²) in [6.07, 6.45) is 1.02. The number of anilines is 1. The predicted molar refractivity (Wildman–Crippen MR) is 68.1 cm³/mol. The molecule has 1 rings (SSSR count). The van der Waals surface area contributed by atoms with E-state index in [0.717, 1.165) is 22.3 Å². The van der Waals surface area contributed by atoms with Crippen molar-refractivity contribution in [1.29, 1.82) is 0 Å². The van der Waals surface area contributed by atoms with Gasteiger partial charge in [-0.05, 0) is 39.9 Å². The first kappa shape index (κ1) is 12.4. The van der Waals surface area contributed by atoms with Gasteiger partial charge in [-0.1, -0.05) is 20.8 Å². The summed E-state index contributed by atoms with van der Waals surface area (Å²) in [5, 5.41) is 0. The van der Waals surface area contributed by atoms with Crippen LogP contribution < -0.4 is 10.5 Å². The molecule has 0 aliphatic rings. The fraction of sp³-hybridized carbons (Fsp3) is 0.500. The van der Waals surface area contributed by atoms with Gasteiger partial charge in [-0.25, -0.2) is 0 Å². The van der Waals surface area contributed by atoms with Gasteiger partial charge in [-0.15, -0.1) is 0 Å². The molecule has 0 unspecified atom stereocenters. The molecule has 15 heavy (non-hydrogen) atoms. The molecule has 0 bridgehead atoms. The number of nitrogen functional groups attached to an aromatic ring is 1. The van der Waals surface area contributed by atoms with Gasteiger partial charge >= 0.3 is 0 Å². The zero-order chi connectivity index (χ0) is 11.5. The summed E-state index contributed by atoms with van der Waals surface area (Å²) in [6.45, 7) is 7.31. The predicted octanol–water partition coefficient (Wildman–Crippen LogP) is 3.85. The van der Waals surface area contributed by atoms with Crippen molar-refractivity contribution in [3.05, 3.63) is 22.7 Å². The molecule has 3 heteroatoms. The van der Waals surface area contributed by atoms with Crippen molar-refractivity contribution in [2.75, 3.05) is 12.3 Å². The minimum absolute atomic E-state index is 0.298. The molecule has 0 amide bonds. The van der Waals surface area contributed by atoms with E-state index < -0.39 is 0 Å². The number of nitrogens with two attached hydrogens (primary N) is 1. The number of ether oxygens (including phenoxy) is 1. The number of halogens is 1. The van der Waals surface area contributed by atoms with E-state index in [1.807, 2.05) is 18.2 Å². The van der Waals surface area contributed by atoms with Crippen molar-refractivity contribution in [3.63, 3.8) is 0 Å². The Balaban J connectivity index is 2.54. The Morgan fingerprint density at radius 3 is 2.60 bits per heavy atom. The van der Waals surface area contributed by atoms with Crippen LogP contribution in [0.25, 0.3) is 0 Å². The lowest BCUT2D eigenvalue weighted by Crippen LogP contribution is -2.11. The molecule has 0 atom stereocenters. The fourth-order valence-electron chi connectivity index (χ4n) is 1.10. The third kappa shape index (κ3) is 4.56. The smallest absolute Gasteiger partial charge is 0.135 e. The molecule has 0 aliphatic carbocycles. The monoisotopic (exact) mass is 271 g/mol. The molecule has 0 saturated heterocycles. The van der Waals surface area contributed by atoms with Crippen molar-refractivity contribution in [2.45, 2.75) is 27.2 Å². The minimum atomic E-state index is 0.298. The Morgan fingerprint density at radius 2 is 2.00 bits per heavy atom. The van der Waals surface area contributed by atoms with Crippen LogP contribution >= 0.6 is 15.9 Å². The van der Waals surface area contributed by atoms with Gasteiger partial charge in [0.15, 0.2) is 0 Å². The number of benzene rings is 1. The van der Waals surface area contributed by atoms with Crippen molar-refractivity contribution < 1.29 is 4.74 Å². The zero-order valence-electron chi connectivity index (χ0n) is 9.51. The molecule has 0 fully saturated rings. The largest absolute Gasteiger partial charge is 0.492 e. The summed E-state index contributed by atoms with van der Waals surface area (Å²) >= 11 is 3.43. The fourth-order valence-corrected chi connectivity index (χ4v) is 1.46. The zero-order valence-corrected chi connectivity index (χ0v) is 11.1. The minimum Gasteiger partial charge on any atom is -0.492 e. The molecule has 1 aromatic rings. The molecule has 0 heterocycles. The molecule has 2 N–H and O–H groups in total. The summed E-state index contributed by atoms with van der Waals surface area (Å²) in [5.74, 6) is 0.819.